The van der Waals surface area contributed by atoms with Gasteiger partial charge in [0.25, 0.3) is 0 Å². The number of fused-ring (bicyclic) bond motifs is 1. The van der Waals surface area contributed by atoms with E-state index in [2.05, 4.69) is 10.5 Å². The number of hydrogen-bond donors (Lipinski definition) is 1. The first kappa shape index (κ1) is 14.5. The van der Waals surface area contributed by atoms with Gasteiger partial charge in [0.05, 0.1) is 12.2 Å². The molecule has 3 rings (SSSR count). The van der Waals surface area contributed by atoms with Crippen molar-refractivity contribution in [3.8, 4) is 0 Å². The van der Waals surface area contributed by atoms with Gasteiger partial charge >= 0.3 is 0 Å². The highest BCUT2D eigenvalue weighted by atomic mass is 19.1. The van der Waals surface area contributed by atoms with E-state index in [0.717, 1.165) is 12.5 Å². The van der Waals surface area contributed by atoms with E-state index >= 15 is 0 Å². The Morgan fingerprint density at radius 3 is 2.95 bits per heavy atom. The second kappa shape index (κ2) is 5.75. The molecule has 22 heavy (non-hydrogen) atoms. The number of nitrogens with one attached hydrogen (secondary N) is 1. The highest BCUT2D eigenvalue weighted by Crippen LogP contribution is 2.30. The van der Waals surface area contributed by atoms with Crippen molar-refractivity contribution < 1.29 is 18.1 Å². The summed E-state index contributed by atoms with van der Waals surface area (Å²) in [5.74, 6) is -0.662. The third-order valence-corrected chi connectivity index (χ3v) is 3.53. The number of aromatic nitrogens is 1. The quantitative estimate of drug-likeness (QED) is 0.947. The van der Waals surface area contributed by atoms with Crippen LogP contribution in [0.5, 0.6) is 0 Å². The molecule has 0 saturated carbocycles. The lowest BCUT2D eigenvalue weighted by molar-refractivity contribution is -0.115. The Morgan fingerprint density at radius 1 is 1.41 bits per heavy atom. The zero-order valence-corrected chi connectivity index (χ0v) is 12.0. The number of rotatable bonds is 3. The smallest absolute Gasteiger partial charge is 0.245 e. The van der Waals surface area contributed by atoms with E-state index in [1.165, 1.54) is 6.07 Å². The van der Waals surface area contributed by atoms with Gasteiger partial charge in [0.15, 0.2) is 5.82 Å². The minimum absolute atomic E-state index is 0.0263. The topological polar surface area (TPSA) is 58.4 Å². The lowest BCUT2D eigenvalue weighted by atomic mass is 10.0. The summed E-state index contributed by atoms with van der Waals surface area (Å²) in [6, 6.07) is 3.76. The molecule has 0 spiro atoms. The van der Waals surface area contributed by atoms with Gasteiger partial charge in [0.1, 0.15) is 17.4 Å². The molecule has 0 unspecified atom stereocenters. The SMILES string of the molecule is Cc1cc(NC(=O)CN2CCCc3cc(F)cc(F)c32)no1. The maximum atomic E-state index is 14.0. The second-order valence-corrected chi connectivity index (χ2v) is 5.29. The minimum Gasteiger partial charge on any atom is -0.360 e. The fraction of sp³-hybridized carbons (Fsp3) is 0.333. The van der Waals surface area contributed by atoms with Crippen LogP contribution in [-0.2, 0) is 11.2 Å². The lowest BCUT2D eigenvalue weighted by Gasteiger charge is -2.30. The van der Waals surface area contributed by atoms with Crippen molar-refractivity contribution in [2.75, 3.05) is 23.3 Å². The molecule has 0 radical (unpaired) electrons. The number of hydrogen-bond acceptors (Lipinski definition) is 4. The molecule has 1 aliphatic heterocycles. The molecular formula is C15H15F2N3O2. The Bertz CT molecular complexity index is 715. The van der Waals surface area contributed by atoms with Gasteiger partial charge in [-0.25, -0.2) is 8.78 Å². The number of halogens is 2. The molecule has 0 saturated heterocycles. The number of amides is 1. The van der Waals surface area contributed by atoms with Gasteiger partial charge in [0.2, 0.25) is 5.91 Å². The molecule has 2 heterocycles. The third kappa shape index (κ3) is 2.93. The van der Waals surface area contributed by atoms with E-state index in [4.69, 9.17) is 4.52 Å². The zero-order valence-electron chi connectivity index (χ0n) is 12.0. The molecule has 0 atom stereocenters. The molecule has 1 N–H and O–H groups in total. The van der Waals surface area contributed by atoms with Crippen molar-refractivity contribution in [2.45, 2.75) is 19.8 Å². The Morgan fingerprint density at radius 2 is 2.23 bits per heavy atom. The standard InChI is InChI=1S/C15H15F2N3O2/c1-9-5-13(19-22-9)18-14(21)8-20-4-2-3-10-6-11(16)7-12(17)15(10)20/h5-7H,2-4,8H2,1H3,(H,18,19,21). The van der Waals surface area contributed by atoms with Gasteiger partial charge in [-0.3, -0.25) is 4.79 Å². The molecule has 7 heteroatoms. The van der Waals surface area contributed by atoms with Crippen LogP contribution in [0.15, 0.2) is 22.7 Å². The number of benzene rings is 1. The first-order valence-corrected chi connectivity index (χ1v) is 6.99. The summed E-state index contributed by atoms with van der Waals surface area (Å²) in [7, 11) is 0. The first-order valence-electron chi connectivity index (χ1n) is 6.99. The molecule has 2 aromatic rings. The Labute approximate surface area is 125 Å². The molecule has 0 fully saturated rings. The van der Waals surface area contributed by atoms with E-state index < -0.39 is 11.6 Å². The summed E-state index contributed by atoms with van der Waals surface area (Å²) in [5.41, 5.74) is 0.896. The lowest BCUT2D eigenvalue weighted by Crippen LogP contribution is -2.37. The maximum absolute atomic E-state index is 14.0. The minimum atomic E-state index is -0.639. The molecule has 5 nitrogen and oxygen atoms in total. The van der Waals surface area contributed by atoms with Crippen LogP contribution in [0, 0.1) is 18.6 Å². The van der Waals surface area contributed by atoms with Gasteiger partial charge in [-0.1, -0.05) is 5.16 Å². The summed E-state index contributed by atoms with van der Waals surface area (Å²) in [4.78, 5) is 13.7. The van der Waals surface area contributed by atoms with Crippen molar-refractivity contribution >= 4 is 17.4 Å². The summed E-state index contributed by atoms with van der Waals surface area (Å²) in [5, 5.41) is 6.26. The Kier molecular flexibility index (Phi) is 3.79. The highest BCUT2D eigenvalue weighted by molar-refractivity contribution is 5.93. The molecule has 0 aliphatic carbocycles. The van der Waals surface area contributed by atoms with Crippen LogP contribution in [0.25, 0.3) is 0 Å². The summed E-state index contributed by atoms with van der Waals surface area (Å²) in [6.07, 6.45) is 1.34. The van der Waals surface area contributed by atoms with Crippen molar-refractivity contribution in [3.63, 3.8) is 0 Å². The van der Waals surface area contributed by atoms with Crippen molar-refractivity contribution in [2.24, 2.45) is 0 Å². The fourth-order valence-electron chi connectivity index (χ4n) is 2.68. The van der Waals surface area contributed by atoms with Crippen LogP contribution < -0.4 is 10.2 Å². The van der Waals surface area contributed by atoms with E-state index in [1.807, 2.05) is 0 Å². The van der Waals surface area contributed by atoms with Crippen LogP contribution in [0.2, 0.25) is 0 Å². The van der Waals surface area contributed by atoms with Crippen LogP contribution in [0.4, 0.5) is 20.3 Å². The first-order chi connectivity index (χ1) is 10.5. The normalized spacial score (nSPS) is 13.9. The van der Waals surface area contributed by atoms with Crippen molar-refractivity contribution in [1.82, 2.24) is 5.16 Å². The summed E-state index contributed by atoms with van der Waals surface area (Å²) >= 11 is 0. The van der Waals surface area contributed by atoms with E-state index in [9.17, 15) is 13.6 Å². The van der Waals surface area contributed by atoms with E-state index in [1.54, 1.807) is 17.9 Å². The van der Waals surface area contributed by atoms with Crippen molar-refractivity contribution in [3.05, 3.63) is 41.2 Å². The number of aryl methyl sites for hydroxylation is 2. The molecule has 116 valence electrons. The second-order valence-electron chi connectivity index (χ2n) is 5.29. The predicted molar refractivity (Wildman–Crippen MR) is 76.8 cm³/mol. The average molecular weight is 307 g/mol. The largest absolute Gasteiger partial charge is 0.360 e. The Balaban J connectivity index is 1.75. The monoisotopic (exact) mass is 307 g/mol. The van der Waals surface area contributed by atoms with Crippen LogP contribution in [-0.4, -0.2) is 24.2 Å². The van der Waals surface area contributed by atoms with Gasteiger partial charge in [0, 0.05) is 18.7 Å². The van der Waals surface area contributed by atoms with E-state index in [-0.39, 0.29) is 12.5 Å². The molecule has 1 aromatic carbocycles. The highest BCUT2D eigenvalue weighted by Gasteiger charge is 2.23. The zero-order chi connectivity index (χ0) is 15.7. The van der Waals surface area contributed by atoms with Gasteiger partial charge in [-0.15, -0.1) is 0 Å². The number of carbonyl (C=O) groups is 1. The number of anilines is 2. The van der Waals surface area contributed by atoms with Crippen LogP contribution in [0.1, 0.15) is 17.7 Å². The van der Waals surface area contributed by atoms with Crippen LogP contribution >= 0.6 is 0 Å². The molecule has 1 aliphatic rings. The van der Waals surface area contributed by atoms with Crippen molar-refractivity contribution in [1.29, 1.82) is 0 Å². The van der Waals surface area contributed by atoms with Gasteiger partial charge in [-0.05, 0) is 31.4 Å². The Hall–Kier alpha value is -2.44. The third-order valence-electron chi connectivity index (χ3n) is 3.53. The molecule has 1 aromatic heterocycles. The summed E-state index contributed by atoms with van der Waals surface area (Å²) in [6.45, 7) is 2.23. The van der Waals surface area contributed by atoms with Crippen LogP contribution in [0.3, 0.4) is 0 Å². The van der Waals surface area contributed by atoms with Gasteiger partial charge < -0.3 is 14.7 Å². The molecule has 1 amide bonds. The number of carbonyl (C=O) groups excluding carboxylic acids is 1. The molecule has 0 bridgehead atoms. The number of nitrogens with zero attached hydrogens (tertiary/aromatic N) is 2. The maximum Gasteiger partial charge on any atom is 0.245 e. The van der Waals surface area contributed by atoms with E-state index in [0.29, 0.717) is 35.8 Å². The summed E-state index contributed by atoms with van der Waals surface area (Å²) < 4.78 is 32.2. The molecular weight excluding hydrogens is 292 g/mol. The van der Waals surface area contributed by atoms with Gasteiger partial charge in [-0.2, -0.15) is 0 Å². The predicted octanol–water partition coefficient (Wildman–Crippen LogP) is 2.65. The average Bonchev–Trinajstić information content (AvgIpc) is 2.83. The fourth-order valence-corrected chi connectivity index (χ4v) is 2.68.